The molecule has 0 fully saturated rings. The summed E-state index contributed by atoms with van der Waals surface area (Å²) in [6.07, 6.45) is 4.56. The van der Waals surface area contributed by atoms with Gasteiger partial charge in [0.05, 0.1) is 77.2 Å². The van der Waals surface area contributed by atoms with Crippen LogP contribution in [0.1, 0.15) is 17.2 Å². The highest BCUT2D eigenvalue weighted by Crippen LogP contribution is 2.49. The Morgan fingerprint density at radius 3 is 1.51 bits per heavy atom. The van der Waals surface area contributed by atoms with Gasteiger partial charge in [0.25, 0.3) is 0 Å². The first kappa shape index (κ1) is 58.7. The molecule has 482 valence electrons. The molecule has 8 heterocycles. The smallest absolute Gasteiger partial charge is 0.0972 e. The van der Waals surface area contributed by atoms with Gasteiger partial charge in [-0.2, -0.15) is 0 Å². The molecule has 0 spiro atoms. The van der Waals surface area contributed by atoms with Gasteiger partial charge in [0.2, 0.25) is 0 Å². The number of nitrogens with zero attached hydrogens (tertiary/aromatic N) is 5. The fourth-order valence-electron chi connectivity index (χ4n) is 16.3. The van der Waals surface area contributed by atoms with Crippen LogP contribution in [0, 0.1) is 0 Å². The molecule has 21 aromatic rings. The van der Waals surface area contributed by atoms with Crippen molar-refractivity contribution >= 4 is 162 Å². The van der Waals surface area contributed by atoms with Crippen LogP contribution in [0.2, 0.25) is 0 Å². The van der Waals surface area contributed by atoms with Crippen LogP contribution >= 0.6 is 22.7 Å². The first-order valence-corrected chi connectivity index (χ1v) is 36.9. The molecule has 1 atom stereocenters. The molecule has 0 amide bonds. The Morgan fingerprint density at radius 1 is 0.279 bits per heavy atom. The lowest BCUT2D eigenvalue weighted by atomic mass is 9.90. The summed E-state index contributed by atoms with van der Waals surface area (Å²) in [5.74, 6) is 0. The number of nitrogens with one attached hydrogen (secondary N) is 1. The van der Waals surface area contributed by atoms with E-state index in [9.17, 15) is 0 Å². The monoisotopic (exact) mass is 1360 g/mol. The third-order valence-corrected chi connectivity index (χ3v) is 23.8. The fraction of sp³-hybridized carbons (Fsp3) is 0.0104. The van der Waals surface area contributed by atoms with Crippen LogP contribution in [0.25, 0.3) is 212 Å². The van der Waals surface area contributed by atoms with E-state index in [0.29, 0.717) is 0 Å². The lowest BCUT2D eigenvalue weighted by Crippen LogP contribution is -2.13. The normalized spacial score (nSPS) is 13.1. The number of hydrogen-bond donors (Lipinski definition) is 1. The van der Waals surface area contributed by atoms with E-state index in [2.05, 4.69) is 333 Å². The van der Waals surface area contributed by atoms with Gasteiger partial charge in [-0.15, -0.1) is 22.7 Å². The quantitative estimate of drug-likeness (QED) is 0.121. The zero-order valence-corrected chi connectivity index (χ0v) is 57.4. The molecule has 6 nitrogen and oxygen atoms in total. The topological polar surface area (TPSA) is 76.5 Å². The summed E-state index contributed by atoms with van der Waals surface area (Å²) < 4.78 is 4.93. The highest BCUT2D eigenvalue weighted by molar-refractivity contribution is 7.27. The summed E-state index contributed by atoms with van der Waals surface area (Å²) in [6, 6.07) is 114. The Hall–Kier alpha value is -13.1. The predicted octanol–water partition coefficient (Wildman–Crippen LogP) is 26.5. The molecule has 8 heteroatoms. The summed E-state index contributed by atoms with van der Waals surface area (Å²) in [4.78, 5) is 27.5. The second-order valence-electron chi connectivity index (χ2n) is 27.4. The van der Waals surface area contributed by atoms with E-state index < -0.39 is 0 Å². The second-order valence-corrected chi connectivity index (χ2v) is 29.5. The molecular weight excluding hydrogens is 1300 g/mol. The average molecular weight is 1360 g/mol. The van der Waals surface area contributed by atoms with E-state index in [4.69, 9.17) is 24.9 Å². The second kappa shape index (κ2) is 23.2. The zero-order chi connectivity index (χ0) is 68.1. The molecule has 7 aromatic heterocycles. The minimum Gasteiger partial charge on any atom is -0.372 e. The van der Waals surface area contributed by atoms with Crippen LogP contribution in [-0.4, -0.2) is 24.9 Å². The molecule has 0 aliphatic carbocycles. The van der Waals surface area contributed by atoms with E-state index in [-0.39, 0.29) is 6.04 Å². The molecule has 1 aliphatic rings. The lowest BCUT2D eigenvalue weighted by molar-refractivity contribution is 0.981. The van der Waals surface area contributed by atoms with E-state index in [1.54, 1.807) is 0 Å². The third kappa shape index (κ3) is 9.43. The molecule has 1 N–H and O–H groups in total. The molecule has 104 heavy (non-hydrogen) atoms. The fourth-order valence-corrected chi connectivity index (χ4v) is 18.7. The van der Waals surface area contributed by atoms with Crippen molar-refractivity contribution in [2.45, 2.75) is 6.04 Å². The van der Waals surface area contributed by atoms with Crippen molar-refractivity contribution in [2.75, 3.05) is 5.32 Å². The lowest BCUT2D eigenvalue weighted by Gasteiger charge is -2.26. The van der Waals surface area contributed by atoms with Gasteiger partial charge in [0.1, 0.15) is 0 Å². The van der Waals surface area contributed by atoms with Crippen LogP contribution in [-0.2, 0) is 0 Å². The van der Waals surface area contributed by atoms with Gasteiger partial charge in [0.15, 0.2) is 0 Å². The van der Waals surface area contributed by atoms with Crippen molar-refractivity contribution < 1.29 is 0 Å². The number of rotatable bonds is 8. The first-order valence-electron chi connectivity index (χ1n) is 35.3. The molecule has 1 aliphatic heterocycles. The number of aromatic nitrogens is 5. The van der Waals surface area contributed by atoms with E-state index >= 15 is 0 Å². The predicted molar refractivity (Wildman–Crippen MR) is 441 cm³/mol. The maximum absolute atomic E-state index is 5.66. The van der Waals surface area contributed by atoms with Gasteiger partial charge in [-0.25, -0.2) is 24.9 Å². The highest BCUT2D eigenvalue weighted by atomic mass is 32.1. The molecule has 0 saturated carbocycles. The minimum atomic E-state index is -0.0366. The van der Waals surface area contributed by atoms with Crippen molar-refractivity contribution in [3.05, 3.63) is 333 Å². The number of hydrogen-bond acceptors (Lipinski definition) is 8. The molecular formula is C96H56N6S2. The summed E-state index contributed by atoms with van der Waals surface area (Å²) in [5.41, 5.74) is 22.4. The zero-order valence-electron chi connectivity index (χ0n) is 55.8. The summed E-state index contributed by atoms with van der Waals surface area (Å²) in [7, 11) is 0. The van der Waals surface area contributed by atoms with Crippen LogP contribution in [0.5, 0.6) is 0 Å². The van der Waals surface area contributed by atoms with Crippen molar-refractivity contribution in [2.24, 2.45) is 0 Å². The Morgan fingerprint density at radius 2 is 0.788 bits per heavy atom. The SMILES string of the molecule is C1=CC(c2ccccc2)Nc2c1c(-c1ccc(-c3ccc4ccc5ccc(-c6cccc(-c7ccc8c(c7)nc(-c7cc9ccccc9c9ccccc79)c7sc9ccccc9c78)c6)nc5c4n3)cc1)cc1ccc(-c3ccc(-c4nc5cc6ccccc6cc5c5c4sc4ccccc45)cc3)nc21. The van der Waals surface area contributed by atoms with Gasteiger partial charge in [-0.3, -0.25) is 0 Å². The Balaban J connectivity index is 0.592. The molecule has 0 saturated heterocycles. The Kier molecular flexibility index (Phi) is 13.1. The number of benzene rings is 14. The molecule has 0 radical (unpaired) electrons. The van der Waals surface area contributed by atoms with Gasteiger partial charge < -0.3 is 5.32 Å². The van der Waals surface area contributed by atoms with Crippen molar-refractivity contribution in [3.8, 4) is 78.5 Å². The summed E-state index contributed by atoms with van der Waals surface area (Å²) in [5, 5.41) is 21.8. The van der Waals surface area contributed by atoms with Crippen LogP contribution in [0.3, 0.4) is 0 Å². The molecule has 1 unspecified atom stereocenters. The van der Waals surface area contributed by atoms with Crippen molar-refractivity contribution in [3.63, 3.8) is 0 Å². The number of pyridine rings is 5. The van der Waals surface area contributed by atoms with E-state index in [1.807, 2.05) is 22.7 Å². The van der Waals surface area contributed by atoms with Crippen molar-refractivity contribution in [1.82, 2.24) is 24.9 Å². The maximum Gasteiger partial charge on any atom is 0.0972 e. The largest absolute Gasteiger partial charge is 0.372 e. The van der Waals surface area contributed by atoms with E-state index in [0.717, 1.165) is 139 Å². The highest BCUT2D eigenvalue weighted by Gasteiger charge is 2.25. The average Bonchev–Trinajstić information content (AvgIpc) is 1.50. The van der Waals surface area contributed by atoms with Gasteiger partial charge in [-0.1, -0.05) is 261 Å². The minimum absolute atomic E-state index is 0.0366. The standard InChI is InChI=1S/C96H56N6S2/c1-2-15-56(16-3-1)81-48-44-72-76(52-68-42-47-80(98-91(68)93(72)100-81)58-33-35-61(36-34-58)92-95-88(75-26-11-13-28-86(75)103-95)78-50-63-17-4-5-18-64(63)53-84(78)101-92)55-29-31-57(32-30-55)79-45-40-59-37-38-60-41-46-82(99-90(60)89(59)97-79)67-21-14-20-62(49-67)65-39-43-73-83(54-65)102-94(96-87(73)74-25-10-12-27-85(74)104-96)77-51-66-19-6-7-22-69(66)70-23-8-9-24-71(70)77/h1-54,81,100H. The Labute approximate surface area is 604 Å². The van der Waals surface area contributed by atoms with Gasteiger partial charge in [0, 0.05) is 91.3 Å². The van der Waals surface area contributed by atoms with Crippen LogP contribution < -0.4 is 5.32 Å². The van der Waals surface area contributed by atoms with Gasteiger partial charge >= 0.3 is 0 Å². The van der Waals surface area contributed by atoms with Crippen LogP contribution in [0.15, 0.2) is 322 Å². The molecule has 0 bridgehead atoms. The first-order chi connectivity index (χ1) is 51.5. The summed E-state index contributed by atoms with van der Waals surface area (Å²) in [6.45, 7) is 0. The number of anilines is 1. The maximum atomic E-state index is 5.66. The number of fused-ring (bicyclic) bond motifs is 20. The Bertz CT molecular complexity index is 7260. The molecule has 14 aromatic carbocycles. The van der Waals surface area contributed by atoms with Crippen LogP contribution in [0.4, 0.5) is 5.69 Å². The third-order valence-electron chi connectivity index (χ3n) is 21.4. The number of thiophene rings is 2. The van der Waals surface area contributed by atoms with Crippen molar-refractivity contribution in [1.29, 1.82) is 0 Å². The van der Waals surface area contributed by atoms with E-state index in [1.165, 1.54) is 83.6 Å². The summed E-state index contributed by atoms with van der Waals surface area (Å²) >= 11 is 3.66. The molecule has 22 rings (SSSR count). The van der Waals surface area contributed by atoms with Gasteiger partial charge in [-0.05, 0) is 127 Å².